The molecule has 1 rings (SSSR count). The van der Waals surface area contributed by atoms with E-state index in [1.807, 2.05) is 58.9 Å². The lowest BCUT2D eigenvalue weighted by atomic mass is 9.84. The molecular formula is C24H39N3O2. The van der Waals surface area contributed by atoms with E-state index in [-0.39, 0.29) is 23.7 Å². The van der Waals surface area contributed by atoms with Crippen LogP contribution in [0.4, 0.5) is 0 Å². The number of unbranched alkanes of at least 4 members (excludes halogenated alkanes) is 1. The first-order valence-corrected chi connectivity index (χ1v) is 10.8. The normalized spacial score (nSPS) is 20.6. The molecule has 1 amide bonds. The summed E-state index contributed by atoms with van der Waals surface area (Å²) in [4.78, 5) is 26.0. The fourth-order valence-electron chi connectivity index (χ4n) is 3.24. The van der Waals surface area contributed by atoms with Crippen molar-refractivity contribution in [3.63, 3.8) is 0 Å². The van der Waals surface area contributed by atoms with Crippen LogP contribution in [0.15, 0.2) is 24.3 Å². The zero-order valence-corrected chi connectivity index (χ0v) is 18.8. The van der Waals surface area contributed by atoms with E-state index in [9.17, 15) is 9.59 Å². The Labute approximate surface area is 177 Å². The maximum absolute atomic E-state index is 13.1. The van der Waals surface area contributed by atoms with Crippen molar-refractivity contribution in [3.8, 4) is 11.8 Å². The Hall–Kier alpha value is -1.90. The highest BCUT2D eigenvalue weighted by Gasteiger charge is 2.32. The molecule has 0 heterocycles. The number of nitrogens with two attached hydrogens (primary N) is 1. The Morgan fingerprint density at radius 1 is 1.17 bits per heavy atom. The molecule has 5 heteroatoms. The number of carbonyl (C=O) groups is 2. The summed E-state index contributed by atoms with van der Waals surface area (Å²) in [7, 11) is 0. The molecule has 3 unspecified atom stereocenters. The largest absolute Gasteiger partial charge is 0.345 e. The molecule has 0 aromatic heterocycles. The molecule has 0 bridgehead atoms. The molecule has 3 atom stereocenters. The summed E-state index contributed by atoms with van der Waals surface area (Å²) >= 11 is 0. The maximum atomic E-state index is 13.1. The van der Waals surface area contributed by atoms with Crippen LogP contribution in [0, 0.1) is 23.2 Å². The average molecular weight is 402 g/mol. The van der Waals surface area contributed by atoms with Gasteiger partial charge in [0.05, 0.1) is 12.1 Å². The van der Waals surface area contributed by atoms with Gasteiger partial charge in [0.25, 0.3) is 0 Å². The van der Waals surface area contributed by atoms with E-state index in [2.05, 4.69) is 22.5 Å². The molecule has 1 aliphatic carbocycles. The Kier molecular flexibility index (Phi) is 10.9. The predicted molar refractivity (Wildman–Crippen MR) is 120 cm³/mol. The molecule has 4 N–H and O–H groups in total. The third kappa shape index (κ3) is 9.92. The second kappa shape index (κ2) is 12.6. The zero-order valence-electron chi connectivity index (χ0n) is 18.8. The number of amides is 1. The molecule has 162 valence electrons. The van der Waals surface area contributed by atoms with E-state index < -0.39 is 17.5 Å². The number of carbonyl (C=O) groups excluding carboxylic acids is 2. The third-order valence-electron chi connectivity index (χ3n) is 4.76. The van der Waals surface area contributed by atoms with E-state index in [4.69, 9.17) is 5.73 Å². The van der Waals surface area contributed by atoms with Crippen molar-refractivity contribution in [2.75, 3.05) is 6.54 Å². The summed E-state index contributed by atoms with van der Waals surface area (Å²) in [6.07, 6.45) is 11.6. The van der Waals surface area contributed by atoms with Crippen LogP contribution in [-0.2, 0) is 9.59 Å². The molecule has 0 fully saturated rings. The van der Waals surface area contributed by atoms with Crippen molar-refractivity contribution in [1.29, 1.82) is 0 Å². The fourth-order valence-corrected chi connectivity index (χ4v) is 3.24. The van der Waals surface area contributed by atoms with Gasteiger partial charge in [-0.2, -0.15) is 0 Å². The second-order valence-corrected chi connectivity index (χ2v) is 9.01. The Bertz CT molecular complexity index is 647. The Balaban J connectivity index is 2.92. The van der Waals surface area contributed by atoms with Crippen LogP contribution in [0.25, 0.3) is 0 Å². The van der Waals surface area contributed by atoms with E-state index in [0.717, 1.165) is 19.3 Å². The number of allylic oxidation sites excluding steroid dienone is 4. The van der Waals surface area contributed by atoms with Gasteiger partial charge in [0.2, 0.25) is 5.91 Å². The molecule has 29 heavy (non-hydrogen) atoms. The Morgan fingerprint density at radius 3 is 2.52 bits per heavy atom. The van der Waals surface area contributed by atoms with Gasteiger partial charge in [0.15, 0.2) is 5.78 Å². The molecule has 0 aliphatic heterocycles. The topological polar surface area (TPSA) is 84.2 Å². The number of hydrogen-bond donors (Lipinski definition) is 3. The predicted octanol–water partition coefficient (Wildman–Crippen LogP) is 3.11. The lowest BCUT2D eigenvalue weighted by molar-refractivity contribution is -0.133. The SMILES string of the molecule is CC(C)NC(CC1C#CC/C=C\C=C/1)C(=O)NC(CCCCN)C(=O)C(C)(C)C. The van der Waals surface area contributed by atoms with Crippen molar-refractivity contribution >= 4 is 11.7 Å². The highest BCUT2D eigenvalue weighted by atomic mass is 16.2. The van der Waals surface area contributed by atoms with Crippen LogP contribution in [-0.4, -0.2) is 36.4 Å². The molecule has 0 spiro atoms. The van der Waals surface area contributed by atoms with Crippen molar-refractivity contribution < 1.29 is 9.59 Å². The van der Waals surface area contributed by atoms with Gasteiger partial charge in [-0.1, -0.05) is 70.8 Å². The molecule has 0 saturated carbocycles. The van der Waals surface area contributed by atoms with Crippen molar-refractivity contribution in [2.45, 2.75) is 84.8 Å². The summed E-state index contributed by atoms with van der Waals surface area (Å²) < 4.78 is 0. The molecule has 5 nitrogen and oxygen atoms in total. The van der Waals surface area contributed by atoms with Crippen LogP contribution in [0.2, 0.25) is 0 Å². The average Bonchev–Trinajstić information content (AvgIpc) is 2.60. The van der Waals surface area contributed by atoms with Gasteiger partial charge < -0.3 is 16.4 Å². The number of nitrogens with one attached hydrogen (secondary N) is 2. The van der Waals surface area contributed by atoms with Crippen LogP contribution in [0.3, 0.4) is 0 Å². The minimum absolute atomic E-state index is 0.00374. The summed E-state index contributed by atoms with van der Waals surface area (Å²) in [5.41, 5.74) is 5.09. The van der Waals surface area contributed by atoms with E-state index in [1.54, 1.807) is 0 Å². The van der Waals surface area contributed by atoms with Crippen molar-refractivity contribution in [2.24, 2.45) is 17.1 Å². The highest BCUT2D eigenvalue weighted by Crippen LogP contribution is 2.20. The standard InChI is InChI=1S/C24H39N3O2/c1-18(2)26-21(17-19-13-9-7-6-8-10-14-19)23(29)27-20(15-11-12-16-25)22(28)24(3,4)5/h6-7,9,13,18-21,26H,8,11-12,15-17,25H2,1-5H3,(H,27,29)/b7-6-,13-9-. The van der Waals surface area contributed by atoms with E-state index >= 15 is 0 Å². The van der Waals surface area contributed by atoms with Crippen LogP contribution >= 0.6 is 0 Å². The third-order valence-corrected chi connectivity index (χ3v) is 4.76. The number of ketones is 1. The van der Waals surface area contributed by atoms with Gasteiger partial charge in [0, 0.05) is 23.8 Å². The summed E-state index contributed by atoms with van der Waals surface area (Å²) in [6, 6.07) is -0.760. The van der Waals surface area contributed by atoms with Gasteiger partial charge in [-0.25, -0.2) is 0 Å². The first-order valence-electron chi connectivity index (χ1n) is 10.8. The molecule has 0 aromatic rings. The van der Waals surface area contributed by atoms with E-state index in [0.29, 0.717) is 19.4 Å². The van der Waals surface area contributed by atoms with Gasteiger partial charge >= 0.3 is 0 Å². The first-order chi connectivity index (χ1) is 13.6. The van der Waals surface area contributed by atoms with Gasteiger partial charge in [-0.3, -0.25) is 9.59 Å². The summed E-state index contributed by atoms with van der Waals surface area (Å²) in [6.45, 7) is 10.3. The van der Waals surface area contributed by atoms with Crippen molar-refractivity contribution in [3.05, 3.63) is 24.3 Å². The quantitative estimate of drug-likeness (QED) is 0.367. The molecule has 0 radical (unpaired) electrons. The van der Waals surface area contributed by atoms with Crippen molar-refractivity contribution in [1.82, 2.24) is 10.6 Å². The lowest BCUT2D eigenvalue weighted by Crippen LogP contribution is -2.53. The first kappa shape index (κ1) is 25.1. The summed E-state index contributed by atoms with van der Waals surface area (Å²) in [5.74, 6) is 6.28. The van der Waals surface area contributed by atoms with Crippen LogP contribution in [0.5, 0.6) is 0 Å². The Morgan fingerprint density at radius 2 is 1.90 bits per heavy atom. The minimum atomic E-state index is -0.512. The smallest absolute Gasteiger partial charge is 0.237 e. The van der Waals surface area contributed by atoms with Crippen LogP contribution in [0.1, 0.15) is 66.7 Å². The maximum Gasteiger partial charge on any atom is 0.237 e. The number of Topliss-reactive ketones (excluding diaryl/α,β-unsaturated/α-hetero) is 1. The minimum Gasteiger partial charge on any atom is -0.345 e. The number of rotatable bonds is 11. The summed E-state index contributed by atoms with van der Waals surface area (Å²) in [5, 5.41) is 6.38. The monoisotopic (exact) mass is 401 g/mol. The molecular weight excluding hydrogens is 362 g/mol. The van der Waals surface area contributed by atoms with Gasteiger partial charge in [0.1, 0.15) is 0 Å². The van der Waals surface area contributed by atoms with Crippen LogP contribution < -0.4 is 16.4 Å². The molecule has 0 saturated heterocycles. The van der Waals surface area contributed by atoms with Gasteiger partial charge in [-0.15, -0.1) is 0 Å². The van der Waals surface area contributed by atoms with Gasteiger partial charge in [-0.05, 0) is 32.2 Å². The lowest BCUT2D eigenvalue weighted by Gasteiger charge is -2.29. The highest BCUT2D eigenvalue weighted by molar-refractivity contribution is 5.93. The fraction of sp³-hybridized carbons (Fsp3) is 0.667. The van der Waals surface area contributed by atoms with E-state index in [1.165, 1.54) is 0 Å². The zero-order chi connectivity index (χ0) is 21.9. The molecule has 1 aliphatic rings. The second-order valence-electron chi connectivity index (χ2n) is 9.01. The number of hydrogen-bond acceptors (Lipinski definition) is 4. The molecule has 0 aromatic carbocycles.